The Morgan fingerprint density at radius 2 is 1.40 bits per heavy atom. The van der Waals surface area contributed by atoms with Gasteiger partial charge in [-0.3, -0.25) is 19.2 Å². The summed E-state index contributed by atoms with van der Waals surface area (Å²) >= 11 is 0. The van der Waals surface area contributed by atoms with Gasteiger partial charge in [-0.2, -0.15) is 0 Å². The average Bonchev–Trinajstić information content (AvgIpc) is 2.98. The number of hydrogen-bond donors (Lipinski definition) is 10. The minimum Gasteiger partial charge on any atom is -0.508 e. The molecule has 0 saturated heterocycles. The van der Waals surface area contributed by atoms with E-state index in [0.717, 1.165) is 11.1 Å². The first-order valence-electron chi connectivity index (χ1n) is 14.1. The van der Waals surface area contributed by atoms with Gasteiger partial charge in [-0.25, -0.2) is 0 Å². The van der Waals surface area contributed by atoms with Gasteiger partial charge in [0.1, 0.15) is 23.6 Å². The number of benzene rings is 2. The smallest absolute Gasteiger partial charge is 0.243 e. The van der Waals surface area contributed by atoms with E-state index in [1.807, 2.05) is 0 Å². The number of phenols is 2. The second-order valence-corrected chi connectivity index (χ2v) is 10.1. The van der Waals surface area contributed by atoms with E-state index in [9.17, 15) is 29.4 Å². The van der Waals surface area contributed by atoms with Crippen LogP contribution in [0.15, 0.2) is 36.4 Å². The molecule has 0 spiro atoms. The largest absolute Gasteiger partial charge is 0.508 e. The number of nitrogens with one attached hydrogen (secondary N) is 4. The van der Waals surface area contributed by atoms with Gasteiger partial charge in [-0.15, -0.1) is 0 Å². The summed E-state index contributed by atoms with van der Waals surface area (Å²) < 4.78 is 0. The molecule has 0 aromatic heterocycles. The minimum absolute atomic E-state index is 0.0229. The fourth-order valence-corrected chi connectivity index (χ4v) is 4.25. The molecule has 0 fully saturated rings. The molecule has 0 saturated carbocycles. The summed E-state index contributed by atoms with van der Waals surface area (Å²) in [5, 5.41) is 30.4. The van der Waals surface area contributed by atoms with Crippen molar-refractivity contribution in [2.75, 3.05) is 32.7 Å². The highest BCUT2D eigenvalue weighted by molar-refractivity contribution is 5.93. The molecule has 2 rings (SSSR count). The van der Waals surface area contributed by atoms with Crippen molar-refractivity contribution in [2.45, 2.75) is 50.7 Å². The zero-order valence-electron chi connectivity index (χ0n) is 24.4. The van der Waals surface area contributed by atoms with Gasteiger partial charge in [0, 0.05) is 19.5 Å². The van der Waals surface area contributed by atoms with E-state index in [2.05, 4.69) is 21.3 Å². The van der Waals surface area contributed by atoms with Crippen LogP contribution in [0.25, 0.3) is 11.1 Å². The van der Waals surface area contributed by atoms with Gasteiger partial charge in [0.2, 0.25) is 23.6 Å². The maximum Gasteiger partial charge on any atom is 0.243 e. The summed E-state index contributed by atoms with van der Waals surface area (Å²) in [6.45, 7) is 2.22. The number of carbonyl (C=O) groups is 4. The van der Waals surface area contributed by atoms with Crippen molar-refractivity contribution in [1.29, 1.82) is 0 Å². The van der Waals surface area contributed by atoms with Crippen molar-refractivity contribution >= 4 is 23.6 Å². The van der Waals surface area contributed by atoms with Crippen LogP contribution in [-0.2, 0) is 25.6 Å². The quantitative estimate of drug-likeness (QED) is 0.0973. The molecule has 0 aliphatic rings. The zero-order chi connectivity index (χ0) is 31.9. The molecule has 0 aliphatic heterocycles. The fourth-order valence-electron chi connectivity index (χ4n) is 4.25. The van der Waals surface area contributed by atoms with Gasteiger partial charge in [0.25, 0.3) is 0 Å². The second-order valence-electron chi connectivity index (χ2n) is 10.1. The predicted molar refractivity (Wildman–Crippen MR) is 163 cm³/mol. The van der Waals surface area contributed by atoms with Crippen LogP contribution in [0.2, 0.25) is 0 Å². The van der Waals surface area contributed by atoms with Gasteiger partial charge in [0.05, 0.1) is 12.6 Å². The number of aromatic hydroxyl groups is 2. The lowest BCUT2D eigenvalue weighted by Gasteiger charge is -2.22. The van der Waals surface area contributed by atoms with E-state index in [0.29, 0.717) is 17.5 Å². The Labute approximate surface area is 250 Å². The number of aryl methyl sites for hydroxylation is 1. The summed E-state index contributed by atoms with van der Waals surface area (Å²) in [7, 11) is 0. The van der Waals surface area contributed by atoms with Crippen molar-refractivity contribution in [3.05, 3.63) is 47.5 Å². The molecule has 14 heteroatoms. The molecule has 43 heavy (non-hydrogen) atoms. The summed E-state index contributed by atoms with van der Waals surface area (Å²) in [5.74, 6) is -2.19. The summed E-state index contributed by atoms with van der Waals surface area (Å²) in [5.41, 5.74) is 25.4. The molecule has 0 unspecified atom stereocenters. The molecule has 4 amide bonds. The third-order valence-electron chi connectivity index (χ3n) is 6.69. The van der Waals surface area contributed by atoms with Gasteiger partial charge >= 0.3 is 0 Å². The van der Waals surface area contributed by atoms with E-state index in [1.165, 1.54) is 6.07 Å². The Balaban J connectivity index is 2.03. The molecule has 2 aromatic carbocycles. The molecule has 0 radical (unpaired) electrons. The van der Waals surface area contributed by atoms with Crippen molar-refractivity contribution in [3.63, 3.8) is 0 Å². The third kappa shape index (κ3) is 11.2. The standard InChI is InChI=1S/C29H44N8O6/c1-17-13-18(4-6-24(17)38)19-5-7-25(39)20(14-19)15-21(33)27(41)37-22(3-2-9-30)29(43)35-16-26(40)36-23(8-10-31)28(42)34-12-11-32/h4-7,13-14,21-23,38-39H,2-3,8-12,15-16,30-33H2,1H3,(H,34,42)(H,35,43)(H,36,40)(H,37,41)/t21-,22-,23-/m0/s1. The normalized spacial score (nSPS) is 13.0. The number of rotatable bonds is 17. The van der Waals surface area contributed by atoms with Gasteiger partial charge in [-0.1, -0.05) is 12.1 Å². The van der Waals surface area contributed by atoms with Gasteiger partial charge in [-0.05, 0) is 85.8 Å². The number of nitrogens with two attached hydrogens (primary N) is 4. The van der Waals surface area contributed by atoms with Crippen LogP contribution in [0.4, 0.5) is 0 Å². The highest BCUT2D eigenvalue weighted by atomic mass is 16.3. The number of carbonyl (C=O) groups excluding carboxylic acids is 4. The average molecular weight is 601 g/mol. The molecule has 0 bridgehead atoms. The Morgan fingerprint density at radius 1 is 0.767 bits per heavy atom. The molecule has 0 heterocycles. The summed E-state index contributed by atoms with van der Waals surface area (Å²) in [6, 6.07) is 7.01. The third-order valence-corrected chi connectivity index (χ3v) is 6.69. The Bertz CT molecular complexity index is 1260. The lowest BCUT2D eigenvalue weighted by molar-refractivity contribution is -0.132. The van der Waals surface area contributed by atoms with E-state index >= 15 is 0 Å². The lowest BCUT2D eigenvalue weighted by Crippen LogP contribution is -2.54. The van der Waals surface area contributed by atoms with Crippen LogP contribution >= 0.6 is 0 Å². The highest BCUT2D eigenvalue weighted by Gasteiger charge is 2.26. The van der Waals surface area contributed by atoms with Crippen LogP contribution < -0.4 is 44.2 Å². The highest BCUT2D eigenvalue weighted by Crippen LogP contribution is 2.29. The van der Waals surface area contributed by atoms with E-state index in [1.54, 1.807) is 37.3 Å². The predicted octanol–water partition coefficient (Wildman–Crippen LogP) is -1.81. The van der Waals surface area contributed by atoms with E-state index in [4.69, 9.17) is 22.9 Å². The first-order chi connectivity index (χ1) is 20.5. The number of amides is 4. The van der Waals surface area contributed by atoms with E-state index < -0.39 is 48.3 Å². The maximum atomic E-state index is 13.0. The molecule has 236 valence electrons. The maximum absolute atomic E-state index is 13.0. The molecular formula is C29H44N8O6. The molecule has 3 atom stereocenters. The topological polar surface area (TPSA) is 261 Å². The van der Waals surface area contributed by atoms with Crippen molar-refractivity contribution in [3.8, 4) is 22.6 Å². The van der Waals surface area contributed by atoms with Crippen molar-refractivity contribution in [1.82, 2.24) is 21.3 Å². The summed E-state index contributed by atoms with van der Waals surface area (Å²) in [6.07, 6.45) is 0.774. The molecule has 2 aromatic rings. The SMILES string of the molecule is Cc1cc(-c2ccc(O)c(C[C@H](N)C(=O)N[C@@H](CCCN)C(=O)NCC(=O)N[C@@H](CCN)C(=O)NCCN)c2)ccc1O. The minimum atomic E-state index is -1.11. The van der Waals surface area contributed by atoms with Crippen molar-refractivity contribution < 1.29 is 29.4 Å². The fraction of sp³-hybridized carbons (Fsp3) is 0.448. The lowest BCUT2D eigenvalue weighted by atomic mass is 9.97. The second kappa shape index (κ2) is 17.7. The zero-order valence-corrected chi connectivity index (χ0v) is 24.4. The molecular weight excluding hydrogens is 556 g/mol. The van der Waals surface area contributed by atoms with Crippen LogP contribution in [0.3, 0.4) is 0 Å². The van der Waals surface area contributed by atoms with Crippen LogP contribution in [0.1, 0.15) is 30.4 Å². The number of hydrogen-bond acceptors (Lipinski definition) is 10. The monoisotopic (exact) mass is 600 g/mol. The van der Waals surface area contributed by atoms with Gasteiger partial charge < -0.3 is 54.4 Å². The molecule has 14 N–H and O–H groups in total. The van der Waals surface area contributed by atoms with Gasteiger partial charge in [0.15, 0.2) is 0 Å². The first kappa shape index (κ1) is 35.0. The molecule has 14 nitrogen and oxygen atoms in total. The van der Waals surface area contributed by atoms with Crippen LogP contribution in [-0.4, -0.2) is 84.7 Å². The first-order valence-corrected chi connectivity index (χ1v) is 14.1. The summed E-state index contributed by atoms with van der Waals surface area (Å²) in [4.78, 5) is 50.6. The number of phenolic OH excluding ortho intramolecular Hbond substituents is 2. The Morgan fingerprint density at radius 3 is 2.02 bits per heavy atom. The van der Waals surface area contributed by atoms with E-state index in [-0.39, 0.29) is 56.9 Å². The molecule has 0 aliphatic carbocycles. The van der Waals surface area contributed by atoms with Crippen LogP contribution in [0.5, 0.6) is 11.5 Å². The Hall–Kier alpha value is -4.24. The van der Waals surface area contributed by atoms with Crippen LogP contribution in [0, 0.1) is 6.92 Å². The Kier molecular flexibility index (Phi) is 14.4. The van der Waals surface area contributed by atoms with Crippen molar-refractivity contribution in [2.24, 2.45) is 22.9 Å².